The van der Waals surface area contributed by atoms with E-state index in [1.54, 1.807) is 0 Å². The molecule has 3 nitrogen and oxygen atoms in total. The van der Waals surface area contributed by atoms with Gasteiger partial charge >= 0.3 is 0 Å². The molecule has 2 unspecified atom stereocenters. The molecule has 2 rings (SSSR count). The fraction of sp³-hybridized carbons (Fsp3) is 0.833. The van der Waals surface area contributed by atoms with Crippen molar-refractivity contribution in [3.8, 4) is 0 Å². The summed E-state index contributed by atoms with van der Waals surface area (Å²) in [5, 5.41) is 0. The Hall–Kier alpha value is -0.700. The van der Waals surface area contributed by atoms with E-state index < -0.39 is 0 Å². The number of piperidine rings is 1. The number of hydrogen-bond acceptors (Lipinski definition) is 3. The van der Waals surface area contributed by atoms with E-state index >= 15 is 0 Å². The molecule has 2 saturated heterocycles. The second-order valence-corrected chi connectivity index (χ2v) is 4.66. The molecule has 0 aliphatic carbocycles. The number of rotatable bonds is 3. The molecule has 15 heavy (non-hydrogen) atoms. The van der Waals surface area contributed by atoms with Crippen LogP contribution in [0.2, 0.25) is 0 Å². The Labute approximate surface area is 90.8 Å². The van der Waals surface area contributed by atoms with Crippen molar-refractivity contribution in [3.63, 3.8) is 0 Å². The number of ketones is 2. The minimum absolute atomic E-state index is 0.180. The molecule has 2 heterocycles. The summed E-state index contributed by atoms with van der Waals surface area (Å²) in [6.45, 7) is 3.95. The summed E-state index contributed by atoms with van der Waals surface area (Å²) in [7, 11) is 0. The molecule has 0 radical (unpaired) electrons. The fourth-order valence-corrected chi connectivity index (χ4v) is 2.93. The van der Waals surface area contributed by atoms with E-state index in [0.29, 0.717) is 12.8 Å². The smallest absolute Gasteiger partial charge is 0.146 e. The number of fused-ring (bicyclic) bond motifs is 1. The number of carbonyl (C=O) groups excluding carboxylic acids is 2. The Morgan fingerprint density at radius 3 is 3.00 bits per heavy atom. The highest BCUT2D eigenvalue weighted by Crippen LogP contribution is 2.30. The summed E-state index contributed by atoms with van der Waals surface area (Å²) < 4.78 is 0. The lowest BCUT2D eigenvalue weighted by molar-refractivity contribution is -0.138. The quantitative estimate of drug-likeness (QED) is 0.659. The van der Waals surface area contributed by atoms with Crippen LogP contribution in [-0.2, 0) is 9.59 Å². The normalized spacial score (nSPS) is 31.7. The van der Waals surface area contributed by atoms with Crippen molar-refractivity contribution < 1.29 is 9.59 Å². The van der Waals surface area contributed by atoms with Gasteiger partial charge in [-0.3, -0.25) is 14.5 Å². The molecule has 3 heteroatoms. The van der Waals surface area contributed by atoms with Crippen molar-refractivity contribution in [2.75, 3.05) is 13.1 Å². The van der Waals surface area contributed by atoms with Crippen LogP contribution in [0.3, 0.4) is 0 Å². The van der Waals surface area contributed by atoms with Crippen LogP contribution < -0.4 is 0 Å². The number of nitrogens with zero attached hydrogens (tertiary/aromatic N) is 1. The summed E-state index contributed by atoms with van der Waals surface area (Å²) in [5.74, 6) is 0.0805. The first kappa shape index (κ1) is 10.8. The monoisotopic (exact) mass is 209 g/mol. The minimum atomic E-state index is -0.291. The van der Waals surface area contributed by atoms with Gasteiger partial charge in [-0.05, 0) is 25.8 Å². The van der Waals surface area contributed by atoms with Gasteiger partial charge in [0.2, 0.25) is 0 Å². The second-order valence-electron chi connectivity index (χ2n) is 4.66. The van der Waals surface area contributed by atoms with Gasteiger partial charge in [-0.25, -0.2) is 0 Å². The molecular weight excluding hydrogens is 190 g/mol. The summed E-state index contributed by atoms with van der Waals surface area (Å²) in [6, 6.07) is 0.241. The van der Waals surface area contributed by atoms with Gasteiger partial charge in [0.05, 0.1) is 5.92 Å². The zero-order valence-corrected chi connectivity index (χ0v) is 9.37. The molecule has 0 spiro atoms. The topological polar surface area (TPSA) is 37.4 Å². The average Bonchev–Trinajstić information content (AvgIpc) is 2.65. The number of hydrogen-bond donors (Lipinski definition) is 0. The largest absolute Gasteiger partial charge is 0.299 e. The van der Waals surface area contributed by atoms with Gasteiger partial charge in [-0.15, -0.1) is 0 Å². The van der Waals surface area contributed by atoms with Crippen LogP contribution in [0.25, 0.3) is 0 Å². The molecule has 0 bridgehead atoms. The molecular formula is C12H19NO2. The molecule has 0 saturated carbocycles. The van der Waals surface area contributed by atoms with E-state index in [1.807, 2.05) is 6.92 Å². The van der Waals surface area contributed by atoms with Gasteiger partial charge in [0.1, 0.15) is 11.6 Å². The maximum absolute atomic E-state index is 11.9. The van der Waals surface area contributed by atoms with Crippen LogP contribution in [0.1, 0.15) is 39.0 Å². The molecule has 2 aliphatic rings. The molecule has 0 amide bonds. The Bertz CT molecular complexity index is 275. The van der Waals surface area contributed by atoms with Crippen LogP contribution in [0.15, 0.2) is 0 Å². The van der Waals surface area contributed by atoms with Crippen molar-refractivity contribution in [2.45, 2.75) is 45.1 Å². The van der Waals surface area contributed by atoms with Crippen molar-refractivity contribution >= 4 is 11.6 Å². The summed E-state index contributed by atoms with van der Waals surface area (Å²) >= 11 is 0. The van der Waals surface area contributed by atoms with E-state index in [9.17, 15) is 9.59 Å². The maximum atomic E-state index is 11.9. The van der Waals surface area contributed by atoms with Gasteiger partial charge in [0.25, 0.3) is 0 Å². The molecule has 2 atom stereocenters. The first-order valence-electron chi connectivity index (χ1n) is 6.03. The average molecular weight is 209 g/mol. The third kappa shape index (κ3) is 1.98. The molecule has 0 aromatic carbocycles. The van der Waals surface area contributed by atoms with Gasteiger partial charge in [0, 0.05) is 25.4 Å². The predicted octanol–water partition coefficient (Wildman–Crippen LogP) is 1.41. The predicted molar refractivity (Wildman–Crippen MR) is 57.6 cm³/mol. The molecule has 0 aromatic rings. The first-order chi connectivity index (χ1) is 7.24. The van der Waals surface area contributed by atoms with Crippen LogP contribution in [0.5, 0.6) is 0 Å². The van der Waals surface area contributed by atoms with E-state index in [1.165, 1.54) is 0 Å². The number of Topliss-reactive ketones (excluding diaryl/α,β-unsaturated/α-hetero) is 2. The third-order valence-corrected chi connectivity index (χ3v) is 3.63. The summed E-state index contributed by atoms with van der Waals surface area (Å²) in [6.07, 6.45) is 4.19. The molecule has 2 aliphatic heterocycles. The van der Waals surface area contributed by atoms with Gasteiger partial charge in [-0.1, -0.05) is 6.92 Å². The summed E-state index contributed by atoms with van der Waals surface area (Å²) in [4.78, 5) is 26.0. The highest BCUT2D eigenvalue weighted by Gasteiger charge is 2.42. The Morgan fingerprint density at radius 1 is 1.47 bits per heavy atom. The van der Waals surface area contributed by atoms with Gasteiger partial charge in [0.15, 0.2) is 0 Å². The van der Waals surface area contributed by atoms with E-state index in [0.717, 1.165) is 32.4 Å². The zero-order valence-electron chi connectivity index (χ0n) is 9.37. The highest BCUT2D eigenvalue weighted by atomic mass is 16.2. The lowest BCUT2D eigenvalue weighted by atomic mass is 9.83. The van der Waals surface area contributed by atoms with E-state index in [4.69, 9.17) is 0 Å². The van der Waals surface area contributed by atoms with Crippen molar-refractivity contribution in [1.82, 2.24) is 4.90 Å². The lowest BCUT2D eigenvalue weighted by Gasteiger charge is -2.34. The number of carbonyl (C=O) groups is 2. The van der Waals surface area contributed by atoms with Gasteiger partial charge < -0.3 is 0 Å². The lowest BCUT2D eigenvalue weighted by Crippen LogP contribution is -2.49. The van der Waals surface area contributed by atoms with Crippen LogP contribution in [-0.4, -0.2) is 35.6 Å². The molecule has 84 valence electrons. The van der Waals surface area contributed by atoms with Crippen molar-refractivity contribution in [1.29, 1.82) is 0 Å². The zero-order chi connectivity index (χ0) is 10.8. The van der Waals surface area contributed by atoms with Gasteiger partial charge in [-0.2, -0.15) is 0 Å². The Balaban J connectivity index is 2.11. The second kappa shape index (κ2) is 4.44. The minimum Gasteiger partial charge on any atom is -0.299 e. The van der Waals surface area contributed by atoms with Crippen molar-refractivity contribution in [2.24, 2.45) is 5.92 Å². The molecule has 0 aromatic heterocycles. The third-order valence-electron chi connectivity index (χ3n) is 3.63. The Morgan fingerprint density at radius 2 is 2.27 bits per heavy atom. The molecule has 2 fully saturated rings. The SMILES string of the molecule is CCCC(=O)C1C(=O)CCN2CCCC12. The standard InChI is InChI=1S/C12H19NO2/c1-2-4-10(14)12-9-5-3-7-13(9)8-6-11(12)15/h9,12H,2-8H2,1H3. The van der Waals surface area contributed by atoms with E-state index in [2.05, 4.69) is 4.90 Å². The maximum Gasteiger partial charge on any atom is 0.146 e. The summed E-state index contributed by atoms with van der Waals surface area (Å²) in [5.41, 5.74) is 0. The molecule has 0 N–H and O–H groups in total. The first-order valence-corrected chi connectivity index (χ1v) is 6.03. The fourth-order valence-electron chi connectivity index (χ4n) is 2.93. The highest BCUT2D eigenvalue weighted by molar-refractivity contribution is 6.03. The van der Waals surface area contributed by atoms with Crippen LogP contribution >= 0.6 is 0 Å². The van der Waals surface area contributed by atoms with Crippen molar-refractivity contribution in [3.05, 3.63) is 0 Å². The van der Waals surface area contributed by atoms with Crippen LogP contribution in [0, 0.1) is 5.92 Å². The van der Waals surface area contributed by atoms with E-state index in [-0.39, 0.29) is 23.5 Å². The van der Waals surface area contributed by atoms with Crippen LogP contribution in [0.4, 0.5) is 0 Å². The Kier molecular flexibility index (Phi) is 3.19.